The maximum absolute atomic E-state index is 12.9. The van der Waals surface area contributed by atoms with Crippen LogP contribution in [0, 0.1) is 11.3 Å². The third-order valence-corrected chi connectivity index (χ3v) is 7.02. The van der Waals surface area contributed by atoms with Crippen LogP contribution < -0.4 is 4.72 Å². The van der Waals surface area contributed by atoms with E-state index in [2.05, 4.69) is 15.7 Å². The molecule has 1 amide bonds. The number of sulfonamides is 1. The number of nitriles is 1. The summed E-state index contributed by atoms with van der Waals surface area (Å²) in [5.41, 5.74) is 1.74. The van der Waals surface area contributed by atoms with E-state index >= 15 is 0 Å². The number of hydrogen-bond acceptors (Lipinski definition) is 5. The van der Waals surface area contributed by atoms with Gasteiger partial charge in [0.1, 0.15) is 0 Å². The van der Waals surface area contributed by atoms with Crippen LogP contribution in [-0.4, -0.2) is 56.3 Å². The highest BCUT2D eigenvalue weighted by Gasteiger charge is 2.27. The van der Waals surface area contributed by atoms with Crippen molar-refractivity contribution in [3.63, 3.8) is 0 Å². The van der Waals surface area contributed by atoms with E-state index in [1.165, 1.54) is 24.3 Å². The van der Waals surface area contributed by atoms with Crippen LogP contribution in [0.4, 0.5) is 0 Å². The third-order valence-electron chi connectivity index (χ3n) is 5.22. The number of rotatable bonds is 6. The second-order valence-electron chi connectivity index (χ2n) is 7.56. The highest BCUT2D eigenvalue weighted by molar-refractivity contribution is 7.89. The molecule has 0 saturated carbocycles. The lowest BCUT2D eigenvalue weighted by atomic mass is 10.1. The Morgan fingerprint density at radius 2 is 1.77 bits per heavy atom. The zero-order chi connectivity index (χ0) is 22.4. The summed E-state index contributed by atoms with van der Waals surface area (Å²) in [5, 5.41) is 9.36. The number of halogens is 1. The quantitative estimate of drug-likeness (QED) is 0.715. The Labute approximate surface area is 188 Å². The Kier molecular flexibility index (Phi) is 7.68. The maximum Gasteiger partial charge on any atom is 0.241 e. The minimum absolute atomic E-state index is 0.0704. The van der Waals surface area contributed by atoms with Crippen molar-refractivity contribution in [1.29, 1.82) is 5.26 Å². The minimum Gasteiger partial charge on any atom is -0.340 e. The number of hydrogen-bond donors (Lipinski definition) is 1. The van der Waals surface area contributed by atoms with Crippen LogP contribution in [0.2, 0.25) is 5.02 Å². The summed E-state index contributed by atoms with van der Waals surface area (Å²) in [6.07, 6.45) is 0.804. The van der Waals surface area contributed by atoms with Gasteiger partial charge in [0.15, 0.2) is 0 Å². The first-order chi connectivity index (χ1) is 14.8. The van der Waals surface area contributed by atoms with E-state index in [9.17, 15) is 13.2 Å². The Morgan fingerprint density at radius 3 is 2.42 bits per heavy atom. The van der Waals surface area contributed by atoms with E-state index in [1.807, 2.05) is 12.1 Å². The summed E-state index contributed by atoms with van der Waals surface area (Å²) >= 11 is 5.82. The van der Waals surface area contributed by atoms with E-state index in [0.29, 0.717) is 30.2 Å². The summed E-state index contributed by atoms with van der Waals surface area (Å²) in [7, 11) is -3.82. The van der Waals surface area contributed by atoms with Crippen LogP contribution in [0.5, 0.6) is 0 Å². The number of amides is 1. The lowest BCUT2D eigenvalue weighted by Gasteiger charge is -2.25. The van der Waals surface area contributed by atoms with Gasteiger partial charge in [-0.15, -0.1) is 0 Å². The molecule has 1 aliphatic heterocycles. The van der Waals surface area contributed by atoms with Crippen LogP contribution >= 0.6 is 11.6 Å². The smallest absolute Gasteiger partial charge is 0.241 e. The van der Waals surface area contributed by atoms with Crippen LogP contribution in [0.25, 0.3) is 0 Å². The molecule has 31 heavy (non-hydrogen) atoms. The van der Waals surface area contributed by atoms with Crippen LogP contribution in [0.3, 0.4) is 0 Å². The Hall–Kier alpha value is -2.44. The van der Waals surface area contributed by atoms with Crippen molar-refractivity contribution < 1.29 is 13.2 Å². The predicted molar refractivity (Wildman–Crippen MR) is 119 cm³/mol. The molecule has 3 rings (SSSR count). The predicted octanol–water partition coefficient (Wildman–Crippen LogP) is 2.61. The van der Waals surface area contributed by atoms with Crippen LogP contribution in [-0.2, 0) is 21.4 Å². The highest BCUT2D eigenvalue weighted by atomic mass is 35.5. The normalized spacial score (nSPS) is 16.4. The molecule has 1 saturated heterocycles. The maximum atomic E-state index is 12.9. The molecule has 1 atom stereocenters. The molecule has 0 aliphatic carbocycles. The van der Waals surface area contributed by atoms with E-state index in [0.717, 1.165) is 25.1 Å². The van der Waals surface area contributed by atoms with Gasteiger partial charge in [-0.1, -0.05) is 23.7 Å². The SMILES string of the molecule is C[C@H](NS(=O)(=O)c1ccc(Cl)cc1)C(=O)N1CCCN(Cc2ccc(C#N)cc2)CC1. The molecule has 1 N–H and O–H groups in total. The van der Waals surface area contributed by atoms with Gasteiger partial charge >= 0.3 is 0 Å². The average molecular weight is 461 g/mol. The third kappa shape index (κ3) is 6.28. The Balaban J connectivity index is 1.56. The molecular weight excluding hydrogens is 436 g/mol. The fourth-order valence-electron chi connectivity index (χ4n) is 3.53. The summed E-state index contributed by atoms with van der Waals surface area (Å²) in [4.78, 5) is 16.9. The van der Waals surface area contributed by atoms with Gasteiger partial charge in [-0.2, -0.15) is 9.98 Å². The summed E-state index contributed by atoms with van der Waals surface area (Å²) in [5.74, 6) is -0.238. The van der Waals surface area contributed by atoms with Crippen molar-refractivity contribution in [2.45, 2.75) is 30.8 Å². The Morgan fingerprint density at radius 1 is 1.10 bits per heavy atom. The number of benzene rings is 2. The van der Waals surface area contributed by atoms with E-state index in [4.69, 9.17) is 16.9 Å². The fourth-order valence-corrected chi connectivity index (χ4v) is 4.85. The van der Waals surface area contributed by atoms with Gasteiger partial charge in [-0.05, 0) is 55.3 Å². The highest BCUT2D eigenvalue weighted by Crippen LogP contribution is 2.15. The summed E-state index contributed by atoms with van der Waals surface area (Å²) in [6, 6.07) is 14.6. The molecule has 164 valence electrons. The van der Waals surface area contributed by atoms with Gasteiger partial charge in [0, 0.05) is 37.7 Å². The zero-order valence-electron chi connectivity index (χ0n) is 17.3. The van der Waals surface area contributed by atoms with Crippen molar-refractivity contribution in [2.24, 2.45) is 0 Å². The van der Waals surface area contributed by atoms with Crippen molar-refractivity contribution >= 4 is 27.5 Å². The molecule has 0 spiro atoms. The molecule has 1 fully saturated rings. The summed E-state index contributed by atoms with van der Waals surface area (Å²) < 4.78 is 27.6. The van der Waals surface area contributed by atoms with Crippen molar-refractivity contribution in [3.8, 4) is 6.07 Å². The first-order valence-corrected chi connectivity index (χ1v) is 11.9. The zero-order valence-corrected chi connectivity index (χ0v) is 18.9. The lowest BCUT2D eigenvalue weighted by Crippen LogP contribution is -2.47. The monoisotopic (exact) mass is 460 g/mol. The number of carbonyl (C=O) groups excluding carboxylic acids is 1. The van der Waals surface area contributed by atoms with E-state index < -0.39 is 16.1 Å². The Bertz CT molecular complexity index is 1050. The molecule has 0 radical (unpaired) electrons. The number of nitrogens with zero attached hydrogens (tertiary/aromatic N) is 3. The molecule has 1 aliphatic rings. The molecular formula is C22H25ClN4O3S. The van der Waals surface area contributed by atoms with Gasteiger partial charge in [-0.25, -0.2) is 8.42 Å². The van der Waals surface area contributed by atoms with Gasteiger partial charge in [0.05, 0.1) is 22.6 Å². The molecule has 1 heterocycles. The molecule has 2 aromatic carbocycles. The first-order valence-electron chi connectivity index (χ1n) is 10.1. The summed E-state index contributed by atoms with van der Waals surface area (Å²) in [6.45, 7) is 4.95. The molecule has 2 aromatic rings. The number of nitrogens with one attached hydrogen (secondary N) is 1. The van der Waals surface area contributed by atoms with Crippen LogP contribution in [0.15, 0.2) is 53.4 Å². The molecule has 7 nitrogen and oxygen atoms in total. The van der Waals surface area contributed by atoms with Crippen molar-refractivity contribution in [1.82, 2.24) is 14.5 Å². The molecule has 9 heteroatoms. The fraction of sp³-hybridized carbons (Fsp3) is 0.364. The van der Waals surface area contributed by atoms with E-state index in [-0.39, 0.29) is 10.8 Å². The molecule has 0 aromatic heterocycles. The van der Waals surface area contributed by atoms with Crippen molar-refractivity contribution in [3.05, 3.63) is 64.7 Å². The number of carbonyl (C=O) groups is 1. The average Bonchev–Trinajstić information content (AvgIpc) is 2.99. The standard InChI is InChI=1S/C22H25ClN4O3S/c1-17(25-31(29,30)21-9-7-20(23)8-10-21)22(28)27-12-2-11-26(13-14-27)16-19-5-3-18(15-24)4-6-19/h3-10,17,25H,2,11-14,16H2,1H3/t17-/m0/s1. The second-order valence-corrected chi connectivity index (χ2v) is 9.71. The lowest BCUT2D eigenvalue weighted by molar-refractivity contribution is -0.132. The van der Waals surface area contributed by atoms with Crippen LogP contribution in [0.1, 0.15) is 24.5 Å². The molecule has 0 unspecified atom stereocenters. The van der Waals surface area contributed by atoms with Gasteiger partial charge in [-0.3, -0.25) is 9.69 Å². The largest absolute Gasteiger partial charge is 0.340 e. The van der Waals surface area contributed by atoms with Gasteiger partial charge < -0.3 is 4.90 Å². The second kappa shape index (κ2) is 10.2. The van der Waals surface area contributed by atoms with Gasteiger partial charge in [0.2, 0.25) is 15.9 Å². The topological polar surface area (TPSA) is 93.5 Å². The minimum atomic E-state index is -3.82. The molecule has 0 bridgehead atoms. The first kappa shape index (κ1) is 23.2. The van der Waals surface area contributed by atoms with Gasteiger partial charge in [0.25, 0.3) is 0 Å². The van der Waals surface area contributed by atoms with Crippen molar-refractivity contribution in [2.75, 3.05) is 26.2 Å². The van der Waals surface area contributed by atoms with E-state index in [1.54, 1.807) is 24.0 Å².